The molecule has 0 bridgehead atoms. The summed E-state index contributed by atoms with van der Waals surface area (Å²) in [6.07, 6.45) is 2.51. The molecular weight excluding hydrogens is 336 g/mol. The van der Waals surface area contributed by atoms with Crippen LogP contribution in [0.15, 0.2) is 54.6 Å². The Kier molecular flexibility index (Phi) is 5.71. The number of hydrogen-bond donors (Lipinski definition) is 1. The third kappa shape index (κ3) is 4.60. The van der Waals surface area contributed by atoms with Crippen LogP contribution < -0.4 is 5.32 Å². The summed E-state index contributed by atoms with van der Waals surface area (Å²) in [6.45, 7) is 1.52. The van der Waals surface area contributed by atoms with E-state index in [2.05, 4.69) is 5.32 Å². The van der Waals surface area contributed by atoms with Gasteiger partial charge in [-0.3, -0.25) is 9.59 Å². The average molecular weight is 357 g/mol. The van der Waals surface area contributed by atoms with Crippen molar-refractivity contribution in [2.75, 3.05) is 13.1 Å². The lowest BCUT2D eigenvalue weighted by atomic mass is 10.0. The van der Waals surface area contributed by atoms with Crippen LogP contribution in [-0.4, -0.2) is 35.8 Å². The molecule has 1 atom stereocenters. The summed E-state index contributed by atoms with van der Waals surface area (Å²) >= 11 is 5.97. The molecule has 0 aliphatic carbocycles. The maximum absolute atomic E-state index is 12.9. The number of nitrogens with one attached hydrogen (secondary N) is 1. The molecule has 0 aromatic heterocycles. The first-order chi connectivity index (χ1) is 12.1. The topological polar surface area (TPSA) is 49.4 Å². The van der Waals surface area contributed by atoms with E-state index in [0.717, 1.165) is 31.5 Å². The standard InChI is InChI=1S/C20H21ClN2O2/c21-17-10-6-9-16(14-17)19(24)22-18(13-15-7-2-1-3-8-15)20(25)23-11-4-5-12-23/h1-3,6-10,14,18H,4-5,11-13H2,(H,22,24)/t18-/m0/s1. The number of likely N-dealkylation sites (tertiary alicyclic amines) is 1. The van der Waals surface area contributed by atoms with Crippen molar-refractivity contribution in [3.63, 3.8) is 0 Å². The van der Waals surface area contributed by atoms with Crippen molar-refractivity contribution in [1.29, 1.82) is 0 Å². The largest absolute Gasteiger partial charge is 0.341 e. The maximum Gasteiger partial charge on any atom is 0.251 e. The molecule has 1 N–H and O–H groups in total. The van der Waals surface area contributed by atoms with Crippen LogP contribution in [0.25, 0.3) is 0 Å². The minimum absolute atomic E-state index is 0.0169. The van der Waals surface area contributed by atoms with Gasteiger partial charge in [0.1, 0.15) is 6.04 Å². The molecule has 130 valence electrons. The summed E-state index contributed by atoms with van der Waals surface area (Å²) in [5.74, 6) is -0.298. The summed E-state index contributed by atoms with van der Waals surface area (Å²) in [5, 5.41) is 3.40. The molecule has 1 heterocycles. The first kappa shape index (κ1) is 17.5. The molecule has 1 aliphatic heterocycles. The summed E-state index contributed by atoms with van der Waals surface area (Å²) in [5.41, 5.74) is 1.48. The van der Waals surface area contributed by atoms with Crippen molar-refractivity contribution in [2.45, 2.75) is 25.3 Å². The minimum atomic E-state index is -0.577. The predicted molar refractivity (Wildman–Crippen MR) is 98.7 cm³/mol. The van der Waals surface area contributed by atoms with Crippen LogP contribution in [-0.2, 0) is 11.2 Å². The van der Waals surface area contributed by atoms with Gasteiger partial charge in [0.15, 0.2) is 0 Å². The van der Waals surface area contributed by atoms with E-state index in [1.165, 1.54) is 0 Å². The van der Waals surface area contributed by atoms with Crippen molar-refractivity contribution >= 4 is 23.4 Å². The first-order valence-corrected chi connectivity index (χ1v) is 8.90. The number of nitrogens with zero attached hydrogens (tertiary/aromatic N) is 1. The Bertz CT molecular complexity index is 742. The van der Waals surface area contributed by atoms with Gasteiger partial charge in [0.2, 0.25) is 5.91 Å². The molecule has 1 saturated heterocycles. The number of carbonyl (C=O) groups excluding carboxylic acids is 2. The molecule has 4 nitrogen and oxygen atoms in total. The van der Waals surface area contributed by atoms with E-state index >= 15 is 0 Å². The van der Waals surface area contributed by atoms with Gasteiger partial charge in [-0.05, 0) is 36.6 Å². The van der Waals surface area contributed by atoms with E-state index in [1.807, 2.05) is 35.2 Å². The Hall–Kier alpha value is -2.33. The number of rotatable bonds is 5. The monoisotopic (exact) mass is 356 g/mol. The van der Waals surface area contributed by atoms with Gasteiger partial charge in [0.25, 0.3) is 5.91 Å². The molecule has 0 spiro atoms. The number of hydrogen-bond acceptors (Lipinski definition) is 2. The fraction of sp³-hybridized carbons (Fsp3) is 0.300. The fourth-order valence-corrected chi connectivity index (χ4v) is 3.27. The molecule has 0 saturated carbocycles. The first-order valence-electron chi connectivity index (χ1n) is 8.52. The Morgan fingerprint density at radius 1 is 1.04 bits per heavy atom. The molecule has 2 aromatic carbocycles. The smallest absolute Gasteiger partial charge is 0.251 e. The van der Waals surface area contributed by atoms with Gasteiger partial charge in [-0.15, -0.1) is 0 Å². The van der Waals surface area contributed by atoms with Gasteiger partial charge in [0.05, 0.1) is 0 Å². The van der Waals surface area contributed by atoms with Gasteiger partial charge < -0.3 is 10.2 Å². The van der Waals surface area contributed by atoms with Gasteiger partial charge in [0, 0.05) is 30.1 Å². The van der Waals surface area contributed by atoms with Crippen LogP contribution in [0.2, 0.25) is 5.02 Å². The van der Waals surface area contributed by atoms with Gasteiger partial charge >= 0.3 is 0 Å². The zero-order valence-corrected chi connectivity index (χ0v) is 14.7. The summed E-state index contributed by atoms with van der Waals surface area (Å²) < 4.78 is 0. The Morgan fingerprint density at radius 2 is 1.76 bits per heavy atom. The number of halogens is 1. The Labute approximate surface area is 152 Å². The van der Waals surface area contributed by atoms with Crippen LogP contribution in [0, 0.1) is 0 Å². The maximum atomic E-state index is 12.9. The highest BCUT2D eigenvalue weighted by molar-refractivity contribution is 6.31. The van der Waals surface area contributed by atoms with Crippen molar-refractivity contribution in [2.24, 2.45) is 0 Å². The molecule has 25 heavy (non-hydrogen) atoms. The lowest BCUT2D eigenvalue weighted by Gasteiger charge is -2.24. The highest BCUT2D eigenvalue weighted by Gasteiger charge is 2.28. The zero-order valence-electron chi connectivity index (χ0n) is 14.0. The van der Waals surface area contributed by atoms with Crippen molar-refractivity contribution in [3.05, 3.63) is 70.7 Å². The lowest BCUT2D eigenvalue weighted by molar-refractivity contribution is -0.132. The minimum Gasteiger partial charge on any atom is -0.341 e. The highest BCUT2D eigenvalue weighted by atomic mass is 35.5. The molecule has 0 radical (unpaired) electrons. The normalized spacial score (nSPS) is 15.0. The predicted octanol–water partition coefficient (Wildman–Crippen LogP) is 3.30. The number of amides is 2. The van der Waals surface area contributed by atoms with Crippen LogP contribution in [0.4, 0.5) is 0 Å². The Balaban J connectivity index is 1.77. The van der Waals surface area contributed by atoms with Crippen LogP contribution in [0.1, 0.15) is 28.8 Å². The molecule has 1 fully saturated rings. The van der Waals surface area contributed by atoms with E-state index in [9.17, 15) is 9.59 Å². The summed E-state index contributed by atoms with van der Waals surface area (Å²) in [6, 6.07) is 15.9. The van der Waals surface area contributed by atoms with Crippen molar-refractivity contribution < 1.29 is 9.59 Å². The van der Waals surface area contributed by atoms with E-state index in [1.54, 1.807) is 24.3 Å². The van der Waals surface area contributed by atoms with Gasteiger partial charge in [-0.2, -0.15) is 0 Å². The molecule has 3 rings (SSSR count). The van der Waals surface area contributed by atoms with E-state index < -0.39 is 6.04 Å². The van der Waals surface area contributed by atoms with Crippen LogP contribution in [0.5, 0.6) is 0 Å². The molecule has 5 heteroatoms. The molecule has 0 unspecified atom stereocenters. The van der Waals surface area contributed by atoms with Crippen LogP contribution >= 0.6 is 11.6 Å². The molecule has 2 aromatic rings. The SMILES string of the molecule is O=C(N[C@@H](Cc1ccccc1)C(=O)N1CCCC1)c1cccc(Cl)c1. The van der Waals surface area contributed by atoms with Crippen LogP contribution in [0.3, 0.4) is 0 Å². The number of benzene rings is 2. The van der Waals surface area contributed by atoms with Gasteiger partial charge in [-0.25, -0.2) is 0 Å². The van der Waals surface area contributed by atoms with Crippen molar-refractivity contribution in [3.8, 4) is 0 Å². The second-order valence-electron chi connectivity index (χ2n) is 6.26. The highest BCUT2D eigenvalue weighted by Crippen LogP contribution is 2.14. The summed E-state index contributed by atoms with van der Waals surface area (Å²) in [4.78, 5) is 27.3. The quantitative estimate of drug-likeness (QED) is 0.893. The second kappa shape index (κ2) is 8.17. The molecule has 2 amide bonds. The van der Waals surface area contributed by atoms with Crippen molar-refractivity contribution in [1.82, 2.24) is 10.2 Å². The van der Waals surface area contributed by atoms with E-state index in [-0.39, 0.29) is 11.8 Å². The third-order valence-electron chi connectivity index (χ3n) is 4.39. The fourth-order valence-electron chi connectivity index (χ4n) is 3.08. The second-order valence-corrected chi connectivity index (χ2v) is 6.69. The van der Waals surface area contributed by atoms with Gasteiger partial charge in [-0.1, -0.05) is 48.0 Å². The molecule has 1 aliphatic rings. The summed E-state index contributed by atoms with van der Waals surface area (Å²) in [7, 11) is 0. The Morgan fingerprint density at radius 3 is 2.44 bits per heavy atom. The van der Waals surface area contributed by atoms with E-state index in [4.69, 9.17) is 11.6 Å². The number of carbonyl (C=O) groups is 2. The average Bonchev–Trinajstić information content (AvgIpc) is 3.16. The lowest BCUT2D eigenvalue weighted by Crippen LogP contribution is -2.49. The third-order valence-corrected chi connectivity index (χ3v) is 4.63. The molecular formula is C20H21ClN2O2. The van der Waals surface area contributed by atoms with E-state index in [0.29, 0.717) is 17.0 Å². The zero-order chi connectivity index (χ0) is 17.6.